The number of pyridine rings is 1. The molecule has 3 aromatic carbocycles. The minimum absolute atomic E-state index is 0.0271. The molecule has 1 aliphatic heterocycles. The van der Waals surface area contributed by atoms with Gasteiger partial charge in [-0.05, 0) is 60.9 Å². The third-order valence-electron chi connectivity index (χ3n) is 14.7. The number of carbonyl (C=O) groups is 6. The number of nitrogens with one attached hydrogen (secondary N) is 1. The third kappa shape index (κ3) is 10.7. The van der Waals surface area contributed by atoms with E-state index >= 15 is 9.59 Å². The number of Topliss-reactive ketones (excluding diaryl/α,β-unsaturated/α-hetero) is 1. The quantitative estimate of drug-likeness (QED) is 0.0448. The van der Waals surface area contributed by atoms with E-state index in [1.807, 2.05) is 0 Å². The number of ether oxygens (including phenoxy) is 6. The van der Waals surface area contributed by atoms with Gasteiger partial charge in [-0.15, -0.1) is 0 Å². The fraction of sp³-hybridized carbons (Fsp3) is 0.415. The number of nitrogens with zero attached hydrogens (tertiary/aromatic N) is 1. The van der Waals surface area contributed by atoms with Crippen LogP contribution in [-0.2, 0) is 54.5 Å². The largest absolute Gasteiger partial charge is 0.756 e. The summed E-state index contributed by atoms with van der Waals surface area (Å²) < 4.78 is 48.0. The van der Waals surface area contributed by atoms with Gasteiger partial charge in [0.2, 0.25) is 6.10 Å². The molecule has 1 amide bonds. The lowest BCUT2D eigenvalue weighted by Crippen LogP contribution is -2.82. The van der Waals surface area contributed by atoms with Crippen molar-refractivity contribution in [3.63, 3.8) is 0 Å². The summed E-state index contributed by atoms with van der Waals surface area (Å²) in [5.41, 5.74) is -6.80. The Balaban J connectivity index is 0.00000153. The average Bonchev–Trinajstić information content (AvgIpc) is 3.34. The predicted octanol–water partition coefficient (Wildman–Crippen LogP) is 3.09. The molecular formula is C53H59N2O18P. The Morgan fingerprint density at radius 3 is 1.95 bits per heavy atom. The molecule has 0 spiro atoms. The summed E-state index contributed by atoms with van der Waals surface area (Å²) in [6, 6.07) is 28.9. The minimum atomic E-state index is -4.89. The monoisotopic (exact) mass is 1040 g/mol. The maximum Gasteiger partial charge on any atom is 0.368 e. The fourth-order valence-electron chi connectivity index (χ4n) is 11.0. The highest BCUT2D eigenvalue weighted by molar-refractivity contribution is 7.43. The van der Waals surface area contributed by atoms with Crippen molar-refractivity contribution in [3.8, 4) is 5.88 Å². The maximum absolute atomic E-state index is 15.7. The van der Waals surface area contributed by atoms with Gasteiger partial charge in [0.05, 0.1) is 35.7 Å². The molecule has 0 radical (unpaired) electrons. The van der Waals surface area contributed by atoms with Crippen LogP contribution < -0.4 is 19.5 Å². The summed E-state index contributed by atoms with van der Waals surface area (Å²) >= 11 is 0. The summed E-state index contributed by atoms with van der Waals surface area (Å²) in [5, 5.41) is 29.2. The summed E-state index contributed by atoms with van der Waals surface area (Å²) in [6.45, 7) is 8.17. The van der Waals surface area contributed by atoms with Crippen molar-refractivity contribution in [3.05, 3.63) is 143 Å². The van der Waals surface area contributed by atoms with Gasteiger partial charge < -0.3 is 58.6 Å². The molecular weight excluding hydrogens is 984 g/mol. The molecule has 3 aliphatic carbocycles. The number of aliphatic hydroxyl groups is 2. The molecule has 2 heterocycles. The van der Waals surface area contributed by atoms with Gasteiger partial charge in [-0.2, -0.15) is 4.57 Å². The van der Waals surface area contributed by atoms with Crippen molar-refractivity contribution in [2.45, 2.75) is 108 Å². The first kappa shape index (κ1) is 55.1. The molecule has 4 aromatic rings. The van der Waals surface area contributed by atoms with Gasteiger partial charge in [0.15, 0.2) is 23.7 Å². The van der Waals surface area contributed by atoms with Crippen LogP contribution in [-0.4, -0.2) is 110 Å². The van der Waals surface area contributed by atoms with Crippen LogP contribution in [0.15, 0.2) is 127 Å². The Kier molecular flexibility index (Phi) is 15.9. The number of amides is 1. The molecule has 2 unspecified atom stereocenters. The number of rotatable bonds is 12. The second kappa shape index (κ2) is 21.3. The third-order valence-corrected chi connectivity index (χ3v) is 14.7. The Bertz CT molecular complexity index is 2850. The number of aryl methyl sites for hydroxylation is 1. The van der Waals surface area contributed by atoms with Gasteiger partial charge in [0.1, 0.15) is 37.0 Å². The molecule has 8 rings (SSSR count). The number of phosphoric acid groups is 1. The van der Waals surface area contributed by atoms with E-state index in [0.29, 0.717) is 11.1 Å². The molecule has 5 N–H and O–H groups in total. The van der Waals surface area contributed by atoms with Crippen LogP contribution in [0.4, 0.5) is 0 Å². The minimum Gasteiger partial charge on any atom is -0.756 e. The standard InChI is InChI=1S/C53H56N2O14.H3O4P/c1-30-36(66-49(62)43(67-39-25-17-18-26-55(39)7)41(33-19-11-8-12-20-33)54-47(60)34-21-13-9-14-22-34)28-53(63)46(68-48(61)35-23-15-10-16-24-35)44-51(6,37(58)27-38-52(44,29-64-38)69-32(3)57)45(59)42(65-31(2)56)40(30)50(53,4)5;1-5(2,3)4/h8-26,36-38,41-44,46,58,63H,27-29H2,1-7H3;(H3,1,2,3,4)/t36-,37-,38+,41-,42+,43+,44?,46?,51+,52-,53+;/m0./s1. The van der Waals surface area contributed by atoms with Gasteiger partial charge in [-0.3, -0.25) is 23.7 Å². The van der Waals surface area contributed by atoms with E-state index in [9.17, 15) is 29.4 Å². The lowest BCUT2D eigenvalue weighted by atomic mass is 9.44. The fourth-order valence-corrected chi connectivity index (χ4v) is 11.0. The number of hydrogen-bond acceptors (Lipinski definition) is 16. The molecule has 1 saturated heterocycles. The van der Waals surface area contributed by atoms with Crippen LogP contribution in [0.1, 0.15) is 86.7 Å². The van der Waals surface area contributed by atoms with Crippen molar-refractivity contribution in [1.82, 2.24) is 5.32 Å². The Morgan fingerprint density at radius 2 is 1.41 bits per heavy atom. The number of fused-ring (bicyclic) bond motifs is 5. The van der Waals surface area contributed by atoms with Gasteiger partial charge >= 0.3 is 29.8 Å². The van der Waals surface area contributed by atoms with Gasteiger partial charge in [-0.25, -0.2) is 9.59 Å². The van der Waals surface area contributed by atoms with Crippen molar-refractivity contribution >= 4 is 43.4 Å². The van der Waals surface area contributed by atoms with E-state index in [1.54, 1.807) is 136 Å². The normalized spacial score (nSPS) is 28.5. The van der Waals surface area contributed by atoms with Crippen LogP contribution in [0, 0.1) is 16.7 Å². The van der Waals surface area contributed by atoms with Crippen LogP contribution in [0.5, 0.6) is 5.88 Å². The van der Waals surface area contributed by atoms with E-state index in [1.165, 1.54) is 26.0 Å². The van der Waals surface area contributed by atoms with Crippen molar-refractivity contribution < 1.29 is 91.2 Å². The molecule has 3 fully saturated rings. The van der Waals surface area contributed by atoms with Crippen molar-refractivity contribution in [2.75, 3.05) is 6.61 Å². The van der Waals surface area contributed by atoms with Gasteiger partial charge in [0, 0.05) is 43.7 Å². The second-order valence-corrected chi connectivity index (χ2v) is 20.6. The Hall–Kier alpha value is -6.64. The first-order valence-corrected chi connectivity index (χ1v) is 25.2. The SMILES string of the molecule is CC(=O)O[C@H]1C(=O)[C@@]2(C)C(C(OC(=O)c3ccccc3)[C@]3(O)C[C@H](OC(=O)[C@H](Oc4cccc[n+]4C)[C@@H](NC(=O)c4ccccc4)c4ccccc4)C(C)=C1C3(C)C)[C@]1(OC(C)=O)CO[C@@H]1C[C@@H]2O.O=P([O-])(O)O. The van der Waals surface area contributed by atoms with Crippen LogP contribution in [0.25, 0.3) is 0 Å². The number of esters is 4. The molecule has 394 valence electrons. The Labute approximate surface area is 426 Å². The lowest BCUT2D eigenvalue weighted by Gasteiger charge is -2.67. The topological polar surface area (TPSA) is 295 Å². The molecule has 4 aliphatic rings. The Morgan fingerprint density at radius 1 is 0.838 bits per heavy atom. The number of ketones is 1. The first-order chi connectivity index (χ1) is 34.7. The van der Waals surface area contributed by atoms with E-state index in [0.717, 1.165) is 6.92 Å². The first-order valence-electron chi connectivity index (χ1n) is 23.6. The average molecular weight is 1040 g/mol. The molecule has 2 bridgehead atoms. The molecule has 21 heteroatoms. The molecule has 1 aromatic heterocycles. The highest BCUT2D eigenvalue weighted by Crippen LogP contribution is 2.64. The van der Waals surface area contributed by atoms with Crippen molar-refractivity contribution in [2.24, 2.45) is 23.8 Å². The van der Waals surface area contributed by atoms with E-state index in [-0.39, 0.29) is 35.6 Å². The molecule has 11 atom stereocenters. The van der Waals surface area contributed by atoms with Crippen LogP contribution in [0.2, 0.25) is 0 Å². The predicted molar refractivity (Wildman–Crippen MR) is 256 cm³/mol. The zero-order valence-corrected chi connectivity index (χ0v) is 42.5. The highest BCUT2D eigenvalue weighted by atomic mass is 31.2. The van der Waals surface area contributed by atoms with Gasteiger partial charge in [-0.1, -0.05) is 80.6 Å². The van der Waals surface area contributed by atoms with Crippen LogP contribution in [0.3, 0.4) is 0 Å². The highest BCUT2D eigenvalue weighted by Gasteiger charge is 2.78. The smallest absolute Gasteiger partial charge is 0.368 e. The maximum atomic E-state index is 15.7. The van der Waals surface area contributed by atoms with Crippen molar-refractivity contribution in [1.29, 1.82) is 0 Å². The molecule has 2 saturated carbocycles. The number of aliphatic hydroxyl groups excluding tert-OH is 1. The number of carbonyl (C=O) groups excluding carboxylic acids is 6. The number of benzene rings is 3. The van der Waals surface area contributed by atoms with E-state index in [2.05, 4.69) is 5.32 Å². The molecule has 74 heavy (non-hydrogen) atoms. The summed E-state index contributed by atoms with van der Waals surface area (Å²) in [5.74, 6) is -6.29. The van der Waals surface area contributed by atoms with E-state index in [4.69, 9.17) is 47.7 Å². The number of aromatic nitrogens is 1. The number of hydrogen-bond donors (Lipinski definition) is 5. The zero-order valence-electron chi connectivity index (χ0n) is 41.6. The van der Waals surface area contributed by atoms with E-state index < -0.39 is 120 Å². The molecule has 20 nitrogen and oxygen atoms in total. The second-order valence-electron chi connectivity index (χ2n) is 19.6. The van der Waals surface area contributed by atoms with Gasteiger partial charge in [0.25, 0.3) is 13.7 Å². The van der Waals surface area contributed by atoms with Crippen LogP contribution >= 0.6 is 7.82 Å². The lowest BCUT2D eigenvalue weighted by molar-refractivity contribution is -0.677. The summed E-state index contributed by atoms with van der Waals surface area (Å²) in [4.78, 5) is 109. The summed E-state index contributed by atoms with van der Waals surface area (Å²) in [6.07, 6.45) is -8.35. The zero-order chi connectivity index (χ0) is 54.1. The summed E-state index contributed by atoms with van der Waals surface area (Å²) in [7, 11) is -3.18.